The van der Waals surface area contributed by atoms with Crippen LogP contribution in [0.2, 0.25) is 0 Å². The second-order valence-corrected chi connectivity index (χ2v) is 7.77. The molecule has 5 nitrogen and oxygen atoms in total. The Kier molecular flexibility index (Phi) is 5.25. The molecule has 1 aromatic rings. The predicted molar refractivity (Wildman–Crippen MR) is 97.1 cm³/mol. The molecule has 2 rings (SSSR count). The number of cyclic esters (lactones) is 2. The summed E-state index contributed by atoms with van der Waals surface area (Å²) in [4.78, 5) is 23.5. The van der Waals surface area contributed by atoms with Gasteiger partial charge in [-0.05, 0) is 89.6 Å². The minimum atomic E-state index is -0.992. The number of carbonyl (C=O) groups excluding carboxylic acids is 2. The molecule has 22 heavy (non-hydrogen) atoms. The molecule has 0 spiro atoms. The highest BCUT2D eigenvalue weighted by molar-refractivity contribution is 14.1. The predicted octanol–water partition coefficient (Wildman–Crippen LogP) is 3.90. The maximum Gasteiger partial charge on any atom is 0.508 e. The smallest absolute Gasteiger partial charge is 0.433 e. The summed E-state index contributed by atoms with van der Waals surface area (Å²) in [5.41, 5.74) is 2.13. The van der Waals surface area contributed by atoms with Gasteiger partial charge in [-0.1, -0.05) is 0 Å². The van der Waals surface area contributed by atoms with Crippen molar-refractivity contribution in [1.82, 2.24) is 0 Å². The summed E-state index contributed by atoms with van der Waals surface area (Å²) in [6, 6.07) is 0. The minimum absolute atomic E-state index is 0.0391. The molecule has 1 fully saturated rings. The molecule has 0 saturated carbocycles. The summed E-state index contributed by atoms with van der Waals surface area (Å²) < 4.78 is 17.4. The zero-order valence-corrected chi connectivity index (χ0v) is 17.0. The first-order chi connectivity index (χ1) is 10.2. The molecule has 1 heterocycles. The van der Waals surface area contributed by atoms with Gasteiger partial charge in [-0.2, -0.15) is 0 Å². The highest BCUT2D eigenvalue weighted by atomic mass is 127. The number of halogens is 2. The zero-order valence-electron chi connectivity index (χ0n) is 12.7. The van der Waals surface area contributed by atoms with Crippen molar-refractivity contribution in [3.05, 3.63) is 23.8 Å². The third-order valence-electron chi connectivity index (χ3n) is 3.79. The van der Waals surface area contributed by atoms with Crippen molar-refractivity contribution in [3.63, 3.8) is 0 Å². The highest BCUT2D eigenvalue weighted by Gasteiger charge is 2.42. The van der Waals surface area contributed by atoms with E-state index in [1.165, 1.54) is 3.57 Å². The first-order valence-corrected chi connectivity index (χ1v) is 8.79. The molecule has 1 aliphatic rings. The van der Waals surface area contributed by atoms with Crippen LogP contribution in [0.4, 0.5) is 4.79 Å². The lowest BCUT2D eigenvalue weighted by molar-refractivity contribution is -0.156. The number of esters is 1. The van der Waals surface area contributed by atoms with E-state index in [0.29, 0.717) is 5.75 Å². The Bertz CT molecular complexity index is 615. The lowest BCUT2D eigenvalue weighted by Crippen LogP contribution is -2.45. The van der Waals surface area contributed by atoms with Crippen LogP contribution in [0.3, 0.4) is 0 Å². The van der Waals surface area contributed by atoms with Gasteiger partial charge in [0.2, 0.25) is 0 Å². The molecule has 0 aromatic heterocycles. The molecule has 0 radical (unpaired) electrons. The van der Waals surface area contributed by atoms with Crippen LogP contribution in [-0.4, -0.2) is 25.3 Å². The van der Waals surface area contributed by atoms with Crippen LogP contribution in [0.5, 0.6) is 5.75 Å². The number of rotatable bonds is 2. The van der Waals surface area contributed by atoms with Crippen LogP contribution in [0.15, 0.2) is 0 Å². The molecule has 0 atom stereocenters. The Morgan fingerprint density at radius 2 is 1.59 bits per heavy atom. The molecular formula is C15H16I2O5. The average molecular weight is 530 g/mol. The molecule has 0 amide bonds. The maximum absolute atomic E-state index is 12.5. The summed E-state index contributed by atoms with van der Waals surface area (Å²) in [5, 5.41) is 0. The van der Waals surface area contributed by atoms with E-state index < -0.39 is 17.5 Å². The Labute approximate surface area is 156 Å². The van der Waals surface area contributed by atoms with E-state index in [9.17, 15) is 9.59 Å². The van der Waals surface area contributed by atoms with E-state index >= 15 is 0 Å². The van der Waals surface area contributed by atoms with Crippen molar-refractivity contribution in [3.8, 4) is 5.75 Å². The third kappa shape index (κ3) is 3.19. The van der Waals surface area contributed by atoms with Gasteiger partial charge < -0.3 is 14.2 Å². The van der Waals surface area contributed by atoms with E-state index in [1.807, 2.05) is 20.8 Å². The second-order valence-electron chi connectivity index (χ2n) is 5.61. The highest BCUT2D eigenvalue weighted by Crippen LogP contribution is 2.36. The van der Waals surface area contributed by atoms with Crippen molar-refractivity contribution in [2.45, 2.75) is 27.7 Å². The monoisotopic (exact) mass is 530 g/mol. The van der Waals surface area contributed by atoms with Gasteiger partial charge in [0.15, 0.2) is 0 Å². The molecule has 120 valence electrons. The van der Waals surface area contributed by atoms with E-state index in [1.54, 1.807) is 6.92 Å². The topological polar surface area (TPSA) is 61.8 Å². The Morgan fingerprint density at radius 1 is 1.05 bits per heavy atom. The number of hydrogen-bond donors (Lipinski definition) is 0. The van der Waals surface area contributed by atoms with E-state index in [2.05, 4.69) is 45.2 Å². The molecule has 0 bridgehead atoms. The number of carbonyl (C=O) groups is 2. The molecule has 1 saturated heterocycles. The summed E-state index contributed by atoms with van der Waals surface area (Å²) in [5.74, 6) is 0.111. The van der Waals surface area contributed by atoms with Gasteiger partial charge in [0, 0.05) is 3.57 Å². The first-order valence-electron chi connectivity index (χ1n) is 6.64. The molecule has 1 aliphatic heterocycles. The normalized spacial score (nSPS) is 16.7. The molecule has 7 heteroatoms. The Balaban J connectivity index is 2.31. The van der Waals surface area contributed by atoms with Gasteiger partial charge >= 0.3 is 12.1 Å². The number of hydrogen-bond acceptors (Lipinski definition) is 5. The summed E-state index contributed by atoms with van der Waals surface area (Å²) in [7, 11) is 0. The zero-order chi connectivity index (χ0) is 16.7. The van der Waals surface area contributed by atoms with Crippen LogP contribution in [0.25, 0.3) is 0 Å². The van der Waals surface area contributed by atoms with Gasteiger partial charge in [-0.15, -0.1) is 0 Å². The fraction of sp³-hybridized carbons (Fsp3) is 0.467. The maximum atomic E-state index is 12.5. The molecular weight excluding hydrogens is 514 g/mol. The van der Waals surface area contributed by atoms with Crippen LogP contribution < -0.4 is 4.74 Å². The van der Waals surface area contributed by atoms with Crippen LogP contribution >= 0.6 is 45.2 Å². The van der Waals surface area contributed by atoms with Crippen molar-refractivity contribution in [2.24, 2.45) is 5.41 Å². The average Bonchev–Trinajstić information content (AvgIpc) is 2.50. The SMILES string of the molecule is Cc1c(C)c(OC(=O)C2(C)COC(=O)OC2)c(I)c(C)c1I. The summed E-state index contributed by atoms with van der Waals surface area (Å²) in [6.07, 6.45) is -0.753. The largest absolute Gasteiger partial charge is 0.508 e. The van der Waals surface area contributed by atoms with Crippen LogP contribution in [0, 0.1) is 33.3 Å². The van der Waals surface area contributed by atoms with Gasteiger partial charge in [0.1, 0.15) is 24.4 Å². The van der Waals surface area contributed by atoms with Crippen molar-refractivity contribution in [1.29, 1.82) is 0 Å². The fourth-order valence-electron chi connectivity index (χ4n) is 2.02. The van der Waals surface area contributed by atoms with Gasteiger partial charge in [-0.3, -0.25) is 4.79 Å². The molecule has 0 N–H and O–H groups in total. The van der Waals surface area contributed by atoms with E-state index in [0.717, 1.165) is 20.3 Å². The lowest BCUT2D eigenvalue weighted by atomic mass is 9.92. The molecule has 0 unspecified atom stereocenters. The molecule has 1 aromatic carbocycles. The van der Waals surface area contributed by atoms with Crippen molar-refractivity contribution >= 4 is 57.3 Å². The van der Waals surface area contributed by atoms with Crippen LogP contribution in [-0.2, 0) is 14.3 Å². The summed E-state index contributed by atoms with van der Waals surface area (Å²) >= 11 is 4.48. The number of benzene rings is 1. The lowest BCUT2D eigenvalue weighted by Gasteiger charge is -2.30. The number of ether oxygens (including phenoxy) is 3. The Morgan fingerprint density at radius 3 is 2.14 bits per heavy atom. The minimum Gasteiger partial charge on any atom is -0.433 e. The molecule has 0 aliphatic carbocycles. The third-order valence-corrected chi connectivity index (χ3v) is 6.71. The van der Waals surface area contributed by atoms with Gasteiger partial charge in [0.25, 0.3) is 0 Å². The standard InChI is InChI=1S/C15H16I2O5/c1-7-8(2)12(11(17)9(3)10(7)16)22-13(18)15(4)5-20-14(19)21-6-15/h5-6H2,1-4H3. The first kappa shape index (κ1) is 17.8. The van der Waals surface area contributed by atoms with Crippen LogP contribution in [0.1, 0.15) is 23.6 Å². The Hall–Kier alpha value is -0.580. The van der Waals surface area contributed by atoms with Gasteiger partial charge in [-0.25, -0.2) is 4.79 Å². The van der Waals surface area contributed by atoms with Crippen molar-refractivity contribution in [2.75, 3.05) is 13.2 Å². The van der Waals surface area contributed by atoms with E-state index in [-0.39, 0.29) is 13.2 Å². The fourth-order valence-corrected chi connectivity index (χ4v) is 4.00. The quantitative estimate of drug-likeness (QED) is 0.330. The second kappa shape index (κ2) is 6.50. The van der Waals surface area contributed by atoms with Gasteiger partial charge in [0.05, 0.1) is 3.57 Å². The summed E-state index contributed by atoms with van der Waals surface area (Å²) in [6.45, 7) is 7.52. The van der Waals surface area contributed by atoms with Crippen molar-refractivity contribution < 1.29 is 23.8 Å². The van der Waals surface area contributed by atoms with E-state index in [4.69, 9.17) is 14.2 Å².